The first-order chi connectivity index (χ1) is 20.5. The molecule has 3 aromatic heterocycles. The molecule has 0 spiro atoms. The molecule has 220 valence electrons. The third kappa shape index (κ3) is 4.94. The lowest BCUT2D eigenvalue weighted by Gasteiger charge is -2.14. The normalized spacial score (nSPS) is 12.1. The van der Waals surface area contributed by atoms with Gasteiger partial charge in [-0.05, 0) is 54.4 Å². The average Bonchev–Trinajstić information content (AvgIpc) is 3.51. The summed E-state index contributed by atoms with van der Waals surface area (Å²) < 4.78 is 42.9. The maximum atomic E-state index is 15.1. The Morgan fingerprint density at radius 2 is 1.86 bits per heavy atom. The summed E-state index contributed by atoms with van der Waals surface area (Å²) in [5.74, 6) is -2.92. The fourth-order valence-electron chi connectivity index (χ4n) is 5.32. The minimum Gasteiger partial charge on any atom is -0.332 e. The number of nitrogens with zero attached hydrogens (tertiary/aromatic N) is 3. The van der Waals surface area contributed by atoms with E-state index in [0.29, 0.717) is 21.5 Å². The number of H-pyrrole nitrogens is 2. The lowest BCUT2D eigenvalue weighted by Crippen LogP contribution is -2.35. The lowest BCUT2D eigenvalue weighted by atomic mass is 10.1. The third-order valence-corrected chi connectivity index (χ3v) is 9.24. The fourth-order valence-corrected chi connectivity index (χ4v) is 6.59. The summed E-state index contributed by atoms with van der Waals surface area (Å²) in [7, 11) is -3.98. The Kier molecular flexibility index (Phi) is 7.03. The van der Waals surface area contributed by atoms with Gasteiger partial charge in [0, 0.05) is 28.9 Å². The smallest absolute Gasteiger partial charge is 0.332 e. The highest BCUT2D eigenvalue weighted by Crippen LogP contribution is 2.34. The Balaban J connectivity index is 1.73. The number of sulfone groups is 1. The van der Waals surface area contributed by atoms with Crippen LogP contribution < -0.4 is 17.0 Å². The molecule has 0 unspecified atom stereocenters. The zero-order valence-corrected chi connectivity index (χ0v) is 24.2. The van der Waals surface area contributed by atoms with E-state index in [1.54, 1.807) is 36.5 Å². The van der Waals surface area contributed by atoms with Gasteiger partial charge in [0.2, 0.25) is 0 Å². The highest BCUT2D eigenvalue weighted by atomic mass is 35.5. The largest absolute Gasteiger partial charge is 0.333 e. The molecule has 11 nitrogen and oxygen atoms in total. The Morgan fingerprint density at radius 1 is 1.09 bits per heavy atom. The molecule has 0 saturated carbocycles. The van der Waals surface area contributed by atoms with E-state index in [4.69, 9.17) is 17.3 Å². The van der Waals surface area contributed by atoms with Crippen molar-refractivity contribution in [2.24, 2.45) is 5.73 Å². The molecule has 3 aromatic carbocycles. The van der Waals surface area contributed by atoms with Gasteiger partial charge in [0.15, 0.2) is 15.6 Å². The number of nitrogens with one attached hydrogen (secondary N) is 2. The van der Waals surface area contributed by atoms with Crippen LogP contribution in [0.3, 0.4) is 0 Å². The summed E-state index contributed by atoms with van der Waals surface area (Å²) in [6.45, 7) is 1.16. The van der Waals surface area contributed by atoms with Crippen molar-refractivity contribution in [3.63, 3.8) is 0 Å². The van der Waals surface area contributed by atoms with E-state index in [1.807, 2.05) is 0 Å². The van der Waals surface area contributed by atoms with Crippen LogP contribution in [-0.4, -0.2) is 56.6 Å². The lowest BCUT2D eigenvalue weighted by molar-refractivity contribution is 0.101. The number of Topliss-reactive ketones (excluding diaryl/α,β-unsaturated/α-hetero) is 1. The number of carbonyl (C=O) groups excluding carboxylic acids is 1. The summed E-state index contributed by atoms with van der Waals surface area (Å²) in [6, 6.07) is 12.3. The number of benzene rings is 3. The van der Waals surface area contributed by atoms with Crippen LogP contribution in [-0.2, 0) is 16.4 Å². The number of aryl methyl sites for hydroxylation is 1. The second-order valence-corrected chi connectivity index (χ2v) is 12.8. The van der Waals surface area contributed by atoms with E-state index in [9.17, 15) is 22.8 Å². The molecular weight excluding hydrogens is 599 g/mol. The molecule has 0 aliphatic heterocycles. The fraction of sp³-hybridized carbons (Fsp3) is 0.172. The minimum absolute atomic E-state index is 0.128. The molecular formula is C29H24ClFN6O5S. The number of nitrogens with two attached hydrogens (primary N) is 1. The molecule has 0 atom stereocenters. The predicted molar refractivity (Wildman–Crippen MR) is 163 cm³/mol. The van der Waals surface area contributed by atoms with Crippen LogP contribution in [0.2, 0.25) is 5.02 Å². The van der Waals surface area contributed by atoms with Crippen molar-refractivity contribution in [1.29, 1.82) is 0 Å². The van der Waals surface area contributed by atoms with Crippen LogP contribution in [0.25, 0.3) is 38.4 Å². The first-order valence-corrected chi connectivity index (χ1v) is 15.3. The van der Waals surface area contributed by atoms with Gasteiger partial charge in [0.1, 0.15) is 17.3 Å². The number of hydrogen-bond acceptors (Lipinski definition) is 7. The quantitative estimate of drug-likeness (QED) is 0.219. The van der Waals surface area contributed by atoms with Gasteiger partial charge >= 0.3 is 5.69 Å². The first kappa shape index (κ1) is 28.5. The van der Waals surface area contributed by atoms with Crippen LogP contribution in [0.15, 0.2) is 64.3 Å². The van der Waals surface area contributed by atoms with E-state index in [2.05, 4.69) is 15.2 Å². The number of para-hydroxylation sites is 1. The van der Waals surface area contributed by atoms with Gasteiger partial charge in [-0.3, -0.25) is 14.7 Å². The van der Waals surface area contributed by atoms with Gasteiger partial charge in [-0.15, -0.1) is 0 Å². The highest BCUT2D eigenvalue weighted by Gasteiger charge is 2.30. The SMILES string of the molecule is Cc1cc2c(-n3c(=O)[nH]c4ccccc4c3=O)c(C(=O)CS(=O)(=O)CCN)n(Cc3cc4cn[nH]c4cc3Cl)c2cc1F. The molecule has 0 saturated heterocycles. The molecule has 0 radical (unpaired) electrons. The van der Waals surface area contributed by atoms with Gasteiger partial charge in [0.25, 0.3) is 5.56 Å². The molecule has 6 aromatic rings. The van der Waals surface area contributed by atoms with Crippen molar-refractivity contribution in [1.82, 2.24) is 24.3 Å². The summed E-state index contributed by atoms with van der Waals surface area (Å²) in [5.41, 5.74) is 5.21. The van der Waals surface area contributed by atoms with E-state index in [-0.39, 0.29) is 51.8 Å². The Labute approximate surface area is 247 Å². The van der Waals surface area contributed by atoms with E-state index in [0.717, 1.165) is 4.57 Å². The first-order valence-electron chi connectivity index (χ1n) is 13.1. The van der Waals surface area contributed by atoms with Crippen molar-refractivity contribution in [3.8, 4) is 5.69 Å². The maximum absolute atomic E-state index is 15.1. The number of rotatable bonds is 8. The summed E-state index contributed by atoms with van der Waals surface area (Å²) in [6.07, 6.45) is 1.58. The van der Waals surface area contributed by atoms with E-state index in [1.165, 1.54) is 29.7 Å². The number of hydrogen-bond donors (Lipinski definition) is 3. The second kappa shape index (κ2) is 10.6. The van der Waals surface area contributed by atoms with Crippen molar-refractivity contribution in [2.45, 2.75) is 13.5 Å². The van der Waals surface area contributed by atoms with E-state index < -0.39 is 44.2 Å². The third-order valence-electron chi connectivity index (χ3n) is 7.33. The minimum atomic E-state index is -3.98. The van der Waals surface area contributed by atoms with Gasteiger partial charge in [-0.25, -0.2) is 22.2 Å². The number of carbonyl (C=O) groups is 1. The van der Waals surface area contributed by atoms with Crippen molar-refractivity contribution < 1.29 is 17.6 Å². The Bertz CT molecular complexity index is 2340. The average molecular weight is 623 g/mol. The van der Waals surface area contributed by atoms with Crippen molar-refractivity contribution in [2.75, 3.05) is 18.1 Å². The number of ketones is 1. The topological polar surface area (TPSA) is 166 Å². The van der Waals surface area contributed by atoms with Gasteiger partial charge in [-0.2, -0.15) is 5.10 Å². The second-order valence-electron chi connectivity index (χ2n) is 10.2. The van der Waals surface area contributed by atoms with Crippen molar-refractivity contribution >= 4 is 59.9 Å². The summed E-state index contributed by atoms with van der Waals surface area (Å²) in [4.78, 5) is 44.0. The molecule has 0 aliphatic rings. The number of aromatic nitrogens is 5. The van der Waals surface area contributed by atoms with E-state index >= 15 is 4.39 Å². The number of aromatic amines is 2. The van der Waals surface area contributed by atoms with Gasteiger partial charge < -0.3 is 15.3 Å². The Hall–Kier alpha value is -4.59. The standard InChI is InChI=1S/C29H24ClFN6O5S/c1-15-8-19-24(11-21(15)31)36(13-17-9-16-12-33-35-23(16)10-20(17)30)27(25(38)14-43(41,42)7-6-32)26(19)37-28(39)18-4-2-3-5-22(18)34-29(37)40/h2-5,8-12H,6-7,13-14,32H2,1H3,(H,33,35)(H,34,40). The summed E-state index contributed by atoms with van der Waals surface area (Å²) >= 11 is 6.60. The molecule has 0 fully saturated rings. The van der Waals surface area contributed by atoms with Crippen LogP contribution in [0.1, 0.15) is 21.6 Å². The molecule has 0 aliphatic carbocycles. The number of halogens is 2. The molecule has 6 rings (SSSR count). The van der Waals surface area contributed by atoms with Crippen LogP contribution in [0, 0.1) is 12.7 Å². The monoisotopic (exact) mass is 622 g/mol. The van der Waals surface area contributed by atoms with Gasteiger partial charge in [-0.1, -0.05) is 23.7 Å². The van der Waals surface area contributed by atoms with Crippen molar-refractivity contribution in [3.05, 3.63) is 103 Å². The molecule has 14 heteroatoms. The van der Waals surface area contributed by atoms with Crippen LogP contribution in [0.4, 0.5) is 4.39 Å². The van der Waals surface area contributed by atoms with Crippen LogP contribution in [0.5, 0.6) is 0 Å². The number of fused-ring (bicyclic) bond motifs is 3. The zero-order chi connectivity index (χ0) is 30.6. The zero-order valence-electron chi connectivity index (χ0n) is 22.6. The Morgan fingerprint density at radius 3 is 2.63 bits per heavy atom. The highest BCUT2D eigenvalue weighted by molar-refractivity contribution is 7.92. The molecule has 4 N–H and O–H groups in total. The maximum Gasteiger partial charge on any atom is 0.333 e. The molecule has 0 bridgehead atoms. The van der Waals surface area contributed by atoms with Gasteiger partial charge in [0.05, 0.1) is 39.6 Å². The molecule has 43 heavy (non-hydrogen) atoms. The predicted octanol–water partition coefficient (Wildman–Crippen LogP) is 3.22. The van der Waals surface area contributed by atoms with Crippen LogP contribution >= 0.6 is 11.6 Å². The molecule has 0 amide bonds. The molecule has 3 heterocycles. The summed E-state index contributed by atoms with van der Waals surface area (Å²) in [5, 5.41) is 8.18.